The number of nitriles is 1. The second-order valence-corrected chi connectivity index (χ2v) is 11.1. The highest BCUT2D eigenvalue weighted by atomic mass is 32.2. The van der Waals surface area contributed by atoms with Gasteiger partial charge in [0, 0.05) is 22.7 Å². The van der Waals surface area contributed by atoms with Crippen molar-refractivity contribution in [1.82, 2.24) is 19.5 Å². The number of H-pyrrole nitrogens is 1. The van der Waals surface area contributed by atoms with Crippen LogP contribution in [0.25, 0.3) is 21.5 Å². The molecule has 39 heavy (non-hydrogen) atoms. The fraction of sp³-hybridized carbons (Fsp3) is 0.370. The lowest BCUT2D eigenvalue weighted by atomic mass is 9.97. The van der Waals surface area contributed by atoms with Crippen LogP contribution >= 0.6 is 23.1 Å². The van der Waals surface area contributed by atoms with Crippen molar-refractivity contribution in [1.29, 1.82) is 5.26 Å². The third-order valence-electron chi connectivity index (χ3n) is 6.67. The summed E-state index contributed by atoms with van der Waals surface area (Å²) in [7, 11) is 4.48. The van der Waals surface area contributed by atoms with E-state index in [2.05, 4.69) is 15.0 Å². The molecule has 1 aliphatic carbocycles. The van der Waals surface area contributed by atoms with Gasteiger partial charge in [-0.25, -0.2) is 9.97 Å². The van der Waals surface area contributed by atoms with E-state index in [0.717, 1.165) is 35.9 Å². The number of thiophene rings is 1. The number of aromatic amines is 1. The average molecular weight is 566 g/mol. The summed E-state index contributed by atoms with van der Waals surface area (Å²) in [6.45, 7) is 0.500. The Labute approximate surface area is 232 Å². The van der Waals surface area contributed by atoms with Crippen molar-refractivity contribution in [2.75, 3.05) is 27.1 Å². The lowest BCUT2D eigenvalue weighted by molar-refractivity contribution is 0.324. The minimum absolute atomic E-state index is 0.0130. The maximum absolute atomic E-state index is 13.2. The Kier molecular flexibility index (Phi) is 7.90. The minimum atomic E-state index is -0.535. The van der Waals surface area contributed by atoms with Crippen molar-refractivity contribution >= 4 is 33.3 Å². The van der Waals surface area contributed by atoms with Gasteiger partial charge in [-0.2, -0.15) is 5.26 Å². The van der Waals surface area contributed by atoms with Crippen molar-refractivity contribution in [3.8, 4) is 34.6 Å². The van der Waals surface area contributed by atoms with Gasteiger partial charge in [0.05, 0.1) is 38.7 Å². The highest BCUT2D eigenvalue weighted by molar-refractivity contribution is 7.99. The molecule has 202 valence electrons. The molecule has 5 rings (SSSR count). The molecule has 0 radical (unpaired) electrons. The predicted molar refractivity (Wildman–Crippen MR) is 151 cm³/mol. The van der Waals surface area contributed by atoms with Gasteiger partial charge in [0.2, 0.25) is 5.75 Å². The van der Waals surface area contributed by atoms with Gasteiger partial charge < -0.3 is 19.2 Å². The zero-order valence-electron chi connectivity index (χ0n) is 21.8. The van der Waals surface area contributed by atoms with Gasteiger partial charge in [-0.05, 0) is 49.8 Å². The molecule has 0 fully saturated rings. The molecule has 0 saturated heterocycles. The number of hydrogen-bond acceptors (Lipinski definition) is 10. The van der Waals surface area contributed by atoms with Gasteiger partial charge in [0.1, 0.15) is 16.5 Å². The first-order chi connectivity index (χ1) is 19.0. The number of hydrogen-bond donors (Lipinski definition) is 1. The van der Waals surface area contributed by atoms with Crippen molar-refractivity contribution in [3.05, 3.63) is 55.2 Å². The van der Waals surface area contributed by atoms with Crippen LogP contribution in [0.3, 0.4) is 0 Å². The zero-order chi connectivity index (χ0) is 27.5. The average Bonchev–Trinajstić information content (AvgIpc) is 3.34. The maximum Gasteiger partial charge on any atom is 0.270 e. The highest BCUT2D eigenvalue weighted by Crippen LogP contribution is 2.41. The molecule has 12 heteroatoms. The van der Waals surface area contributed by atoms with E-state index in [1.165, 1.54) is 43.5 Å². The quantitative estimate of drug-likeness (QED) is 0.180. The Bertz CT molecular complexity index is 1680. The third kappa shape index (κ3) is 5.12. The maximum atomic E-state index is 13.2. The van der Waals surface area contributed by atoms with Gasteiger partial charge in [-0.3, -0.25) is 14.2 Å². The monoisotopic (exact) mass is 565 g/mol. The summed E-state index contributed by atoms with van der Waals surface area (Å²) in [6.07, 6.45) is 6.53. The minimum Gasteiger partial charge on any atom is -0.493 e. The van der Waals surface area contributed by atoms with Crippen LogP contribution < -0.4 is 25.3 Å². The number of nitrogens with one attached hydrogen (secondary N) is 1. The van der Waals surface area contributed by atoms with Crippen LogP contribution in [0.1, 0.15) is 35.3 Å². The number of fused-ring (bicyclic) bond motifs is 3. The Morgan fingerprint density at radius 2 is 1.87 bits per heavy atom. The number of aryl methyl sites for hydroxylation is 3. The number of ether oxygens (including phenoxy) is 3. The number of nitrogens with zero attached hydrogens (tertiary/aromatic N) is 4. The van der Waals surface area contributed by atoms with Crippen LogP contribution in [-0.4, -0.2) is 46.6 Å². The first-order valence-electron chi connectivity index (χ1n) is 12.5. The highest BCUT2D eigenvalue weighted by Gasteiger charge is 2.21. The molecule has 4 aromatic rings. The second kappa shape index (κ2) is 11.5. The van der Waals surface area contributed by atoms with E-state index in [1.54, 1.807) is 34.4 Å². The molecule has 1 aliphatic rings. The van der Waals surface area contributed by atoms with Gasteiger partial charge in [0.15, 0.2) is 16.7 Å². The van der Waals surface area contributed by atoms with Crippen LogP contribution in [0.5, 0.6) is 17.2 Å². The van der Waals surface area contributed by atoms with E-state index in [-0.39, 0.29) is 16.8 Å². The summed E-state index contributed by atoms with van der Waals surface area (Å²) in [6, 6.07) is 5.25. The summed E-state index contributed by atoms with van der Waals surface area (Å²) >= 11 is 2.99. The van der Waals surface area contributed by atoms with Gasteiger partial charge in [-0.15, -0.1) is 11.3 Å². The summed E-state index contributed by atoms with van der Waals surface area (Å²) in [4.78, 5) is 39.9. The van der Waals surface area contributed by atoms with Crippen molar-refractivity contribution in [2.45, 2.75) is 43.8 Å². The SMILES string of the molecule is COc1cc(-c2nc(SCCCn3cnc4sc5c(c4c3=O)CCCC5)[nH]c(=O)c2C#N)cc(OC)c1OC. The summed E-state index contributed by atoms with van der Waals surface area (Å²) in [5, 5.41) is 10.8. The van der Waals surface area contributed by atoms with E-state index in [1.807, 2.05) is 6.07 Å². The smallest absolute Gasteiger partial charge is 0.270 e. The molecule has 0 amide bonds. The van der Waals surface area contributed by atoms with Gasteiger partial charge in [0.25, 0.3) is 11.1 Å². The molecule has 0 bridgehead atoms. The lowest BCUT2D eigenvalue weighted by Gasteiger charge is -2.14. The Balaban J connectivity index is 1.36. The molecule has 10 nitrogen and oxygen atoms in total. The van der Waals surface area contributed by atoms with Crippen LogP contribution in [0.4, 0.5) is 0 Å². The Hall–Kier alpha value is -3.82. The van der Waals surface area contributed by atoms with Crippen LogP contribution in [0, 0.1) is 11.3 Å². The first-order valence-corrected chi connectivity index (χ1v) is 14.3. The van der Waals surface area contributed by atoms with Crippen molar-refractivity contribution in [3.63, 3.8) is 0 Å². The predicted octanol–water partition coefficient (Wildman–Crippen LogP) is 4.17. The molecule has 3 heterocycles. The normalized spacial score (nSPS) is 12.7. The van der Waals surface area contributed by atoms with E-state index in [9.17, 15) is 14.9 Å². The van der Waals surface area contributed by atoms with E-state index in [0.29, 0.717) is 46.7 Å². The molecular weight excluding hydrogens is 538 g/mol. The summed E-state index contributed by atoms with van der Waals surface area (Å²) < 4.78 is 17.9. The number of thioether (sulfide) groups is 1. The second-order valence-electron chi connectivity index (χ2n) is 8.96. The van der Waals surface area contributed by atoms with Gasteiger partial charge in [-0.1, -0.05) is 11.8 Å². The van der Waals surface area contributed by atoms with E-state index >= 15 is 0 Å². The Morgan fingerprint density at radius 1 is 1.13 bits per heavy atom. The zero-order valence-corrected chi connectivity index (χ0v) is 23.5. The van der Waals surface area contributed by atoms with Crippen LogP contribution in [0.2, 0.25) is 0 Å². The summed E-state index contributed by atoms with van der Waals surface area (Å²) in [5.74, 6) is 1.76. The van der Waals surface area contributed by atoms with Gasteiger partial charge >= 0.3 is 0 Å². The molecule has 0 aliphatic heterocycles. The van der Waals surface area contributed by atoms with E-state index in [4.69, 9.17) is 14.2 Å². The number of methoxy groups -OCH3 is 3. The third-order valence-corrected chi connectivity index (χ3v) is 8.83. The molecule has 1 aromatic carbocycles. The number of benzene rings is 1. The topological polar surface area (TPSA) is 132 Å². The Morgan fingerprint density at radius 3 is 2.56 bits per heavy atom. The molecule has 3 aromatic heterocycles. The molecule has 0 saturated carbocycles. The molecule has 0 spiro atoms. The molecule has 1 N–H and O–H groups in total. The molecular formula is C27H27N5O5S2. The van der Waals surface area contributed by atoms with E-state index < -0.39 is 5.56 Å². The van der Waals surface area contributed by atoms with Crippen LogP contribution in [-0.2, 0) is 19.4 Å². The van der Waals surface area contributed by atoms with Crippen molar-refractivity contribution in [2.24, 2.45) is 0 Å². The molecule has 0 unspecified atom stereocenters. The number of rotatable bonds is 9. The lowest BCUT2D eigenvalue weighted by Crippen LogP contribution is -2.21. The van der Waals surface area contributed by atoms with Crippen molar-refractivity contribution < 1.29 is 14.2 Å². The summed E-state index contributed by atoms with van der Waals surface area (Å²) in [5.41, 5.74) is 1.25. The fourth-order valence-electron chi connectivity index (χ4n) is 4.80. The van der Waals surface area contributed by atoms with Crippen LogP contribution in [0.15, 0.2) is 33.2 Å². The number of aromatic nitrogens is 4. The molecule has 0 atom stereocenters. The fourth-order valence-corrected chi connectivity index (χ4v) is 6.80. The largest absolute Gasteiger partial charge is 0.493 e. The first kappa shape index (κ1) is 26.8. The standard InChI is InChI=1S/C27H27N5O5S2/c1-35-18-11-15(12-19(36-2)23(18)37-3)22-17(13-28)24(33)31-27(30-22)38-10-6-9-32-14-29-25-21(26(32)34)16-7-4-5-8-20(16)39-25/h11-12,14H,4-10H2,1-3H3,(H,30,31,33).